The van der Waals surface area contributed by atoms with E-state index in [1.54, 1.807) is 0 Å². The summed E-state index contributed by atoms with van der Waals surface area (Å²) in [5, 5.41) is 0. The molecule has 2 aromatic rings. The van der Waals surface area contributed by atoms with E-state index in [0.717, 1.165) is 0 Å². The van der Waals surface area contributed by atoms with Crippen molar-refractivity contribution in [3.8, 4) is 11.1 Å². The SMILES string of the molecule is C=C1c2cc(C)ccc2-c2ccc(C(C)C)cc21.CC. The number of rotatable bonds is 1. The van der Waals surface area contributed by atoms with Gasteiger partial charge in [-0.15, -0.1) is 0 Å². The molecule has 1 aliphatic carbocycles. The molecule has 1 aliphatic rings. The first kappa shape index (κ1) is 14.6. The molecule has 2 aromatic carbocycles. The van der Waals surface area contributed by atoms with Crippen LogP contribution < -0.4 is 0 Å². The summed E-state index contributed by atoms with van der Waals surface area (Å²) >= 11 is 0. The van der Waals surface area contributed by atoms with Crippen LogP contribution in [0.1, 0.15) is 55.9 Å². The molecule has 0 unspecified atom stereocenters. The lowest BCUT2D eigenvalue weighted by atomic mass is 9.96. The zero-order valence-corrected chi connectivity index (χ0v) is 13.2. The monoisotopic (exact) mass is 264 g/mol. The Balaban J connectivity index is 0.000000704. The van der Waals surface area contributed by atoms with Gasteiger partial charge in [0.15, 0.2) is 0 Å². The maximum atomic E-state index is 4.28. The van der Waals surface area contributed by atoms with E-state index in [1.807, 2.05) is 13.8 Å². The molecular weight excluding hydrogens is 240 g/mol. The fourth-order valence-corrected chi connectivity index (χ4v) is 2.69. The van der Waals surface area contributed by atoms with Crippen LogP contribution in [0.15, 0.2) is 43.0 Å². The highest BCUT2D eigenvalue weighted by Gasteiger charge is 2.22. The molecule has 104 valence electrons. The summed E-state index contributed by atoms with van der Waals surface area (Å²) < 4.78 is 0. The van der Waals surface area contributed by atoms with Crippen LogP contribution in [-0.2, 0) is 0 Å². The van der Waals surface area contributed by atoms with E-state index in [4.69, 9.17) is 0 Å². The molecule has 0 saturated carbocycles. The number of fused-ring (bicyclic) bond motifs is 3. The van der Waals surface area contributed by atoms with Crippen molar-refractivity contribution in [2.75, 3.05) is 0 Å². The Morgan fingerprint density at radius 2 is 1.35 bits per heavy atom. The second-order valence-corrected chi connectivity index (χ2v) is 5.49. The van der Waals surface area contributed by atoms with E-state index in [2.05, 4.69) is 63.7 Å². The van der Waals surface area contributed by atoms with Crippen molar-refractivity contribution in [2.24, 2.45) is 0 Å². The molecule has 0 nitrogen and oxygen atoms in total. The zero-order chi connectivity index (χ0) is 14.9. The second-order valence-electron chi connectivity index (χ2n) is 5.49. The average molecular weight is 264 g/mol. The van der Waals surface area contributed by atoms with Crippen LogP contribution in [0.25, 0.3) is 16.7 Å². The van der Waals surface area contributed by atoms with Crippen LogP contribution in [0.3, 0.4) is 0 Å². The van der Waals surface area contributed by atoms with Gasteiger partial charge in [0.2, 0.25) is 0 Å². The average Bonchev–Trinajstić information content (AvgIpc) is 2.74. The fraction of sp³-hybridized carbons (Fsp3) is 0.300. The molecule has 0 spiro atoms. The van der Waals surface area contributed by atoms with Gasteiger partial charge in [-0.2, -0.15) is 0 Å². The van der Waals surface area contributed by atoms with Gasteiger partial charge in [0.05, 0.1) is 0 Å². The van der Waals surface area contributed by atoms with Gasteiger partial charge in [-0.25, -0.2) is 0 Å². The van der Waals surface area contributed by atoms with Crippen molar-refractivity contribution in [1.29, 1.82) is 0 Å². The maximum Gasteiger partial charge on any atom is -0.00990 e. The lowest BCUT2D eigenvalue weighted by molar-refractivity contribution is 0.866. The van der Waals surface area contributed by atoms with E-state index in [9.17, 15) is 0 Å². The van der Waals surface area contributed by atoms with E-state index in [0.29, 0.717) is 5.92 Å². The van der Waals surface area contributed by atoms with Crippen LogP contribution in [0.5, 0.6) is 0 Å². The molecular formula is C20H24. The van der Waals surface area contributed by atoms with E-state index >= 15 is 0 Å². The van der Waals surface area contributed by atoms with Gasteiger partial charge in [0.25, 0.3) is 0 Å². The smallest absolute Gasteiger partial charge is 0.00990 e. The first-order chi connectivity index (χ1) is 9.58. The van der Waals surface area contributed by atoms with Gasteiger partial charge in [-0.3, -0.25) is 0 Å². The Labute approximate surface area is 123 Å². The minimum atomic E-state index is 0.563. The third-order valence-corrected chi connectivity index (χ3v) is 3.83. The summed E-state index contributed by atoms with van der Waals surface area (Å²) in [6.07, 6.45) is 0. The van der Waals surface area contributed by atoms with Crippen LogP contribution in [0.4, 0.5) is 0 Å². The topological polar surface area (TPSA) is 0 Å². The molecule has 0 bridgehead atoms. The third-order valence-electron chi connectivity index (χ3n) is 3.83. The highest BCUT2D eigenvalue weighted by molar-refractivity contribution is 6.00. The molecule has 0 heterocycles. The molecule has 0 N–H and O–H groups in total. The summed E-state index contributed by atoms with van der Waals surface area (Å²) in [6, 6.07) is 13.4. The maximum absolute atomic E-state index is 4.28. The molecule has 0 radical (unpaired) electrons. The van der Waals surface area contributed by atoms with E-state index in [-0.39, 0.29) is 0 Å². The quantitative estimate of drug-likeness (QED) is 0.492. The van der Waals surface area contributed by atoms with Crippen molar-refractivity contribution in [3.63, 3.8) is 0 Å². The summed E-state index contributed by atoms with van der Waals surface area (Å²) in [7, 11) is 0. The summed E-state index contributed by atoms with van der Waals surface area (Å²) in [5.41, 5.74) is 9.13. The second kappa shape index (κ2) is 5.66. The summed E-state index contributed by atoms with van der Waals surface area (Å²) in [6.45, 7) is 14.9. The zero-order valence-electron chi connectivity index (χ0n) is 13.2. The number of aryl methyl sites for hydroxylation is 1. The Kier molecular flexibility index (Phi) is 4.13. The van der Waals surface area contributed by atoms with Crippen molar-refractivity contribution >= 4 is 5.57 Å². The van der Waals surface area contributed by atoms with Crippen molar-refractivity contribution < 1.29 is 0 Å². The summed E-state index contributed by atoms with van der Waals surface area (Å²) in [5.74, 6) is 0.563. The molecule has 0 saturated heterocycles. The minimum absolute atomic E-state index is 0.563. The fourth-order valence-electron chi connectivity index (χ4n) is 2.69. The van der Waals surface area contributed by atoms with Crippen LogP contribution in [0.2, 0.25) is 0 Å². The minimum Gasteiger partial charge on any atom is -0.0905 e. The molecule has 0 amide bonds. The molecule has 3 rings (SSSR count). The highest BCUT2D eigenvalue weighted by atomic mass is 14.3. The first-order valence-corrected chi connectivity index (χ1v) is 7.52. The van der Waals surface area contributed by atoms with Gasteiger partial charge >= 0.3 is 0 Å². The Hall–Kier alpha value is -1.82. The molecule has 0 fully saturated rings. The van der Waals surface area contributed by atoms with Gasteiger partial charge in [0.1, 0.15) is 0 Å². The van der Waals surface area contributed by atoms with Gasteiger partial charge < -0.3 is 0 Å². The number of hydrogen-bond donors (Lipinski definition) is 0. The molecule has 0 heteroatoms. The van der Waals surface area contributed by atoms with Crippen molar-refractivity contribution in [1.82, 2.24) is 0 Å². The van der Waals surface area contributed by atoms with Crippen LogP contribution in [-0.4, -0.2) is 0 Å². The van der Waals surface area contributed by atoms with Gasteiger partial charge in [0, 0.05) is 0 Å². The molecule has 0 aromatic heterocycles. The first-order valence-electron chi connectivity index (χ1n) is 7.52. The molecule has 20 heavy (non-hydrogen) atoms. The normalized spacial score (nSPS) is 11.8. The van der Waals surface area contributed by atoms with Gasteiger partial charge in [-0.05, 0) is 46.2 Å². The standard InChI is InChI=1S/C18H18.C2H6/c1-11(2)14-6-8-16-15-7-5-12(3)9-17(15)13(4)18(16)10-14;1-2/h5-11H,4H2,1-3H3;1-2H3. The Bertz CT molecular complexity index is 645. The van der Waals surface area contributed by atoms with Crippen LogP contribution >= 0.6 is 0 Å². The lowest BCUT2D eigenvalue weighted by Gasteiger charge is -2.08. The predicted molar refractivity (Wildman–Crippen MR) is 90.2 cm³/mol. The van der Waals surface area contributed by atoms with E-state index < -0.39 is 0 Å². The van der Waals surface area contributed by atoms with Crippen LogP contribution in [0, 0.1) is 6.92 Å². The van der Waals surface area contributed by atoms with Crippen molar-refractivity contribution in [3.05, 3.63) is 65.2 Å². The van der Waals surface area contributed by atoms with Gasteiger partial charge in [-0.1, -0.05) is 76.2 Å². The number of benzene rings is 2. The van der Waals surface area contributed by atoms with E-state index in [1.165, 1.54) is 39.0 Å². The Morgan fingerprint density at radius 1 is 0.800 bits per heavy atom. The third kappa shape index (κ3) is 2.31. The predicted octanol–water partition coefficient (Wildman–Crippen LogP) is 6.19. The largest absolute Gasteiger partial charge is 0.0905 e. The Morgan fingerprint density at radius 3 is 1.95 bits per heavy atom. The number of hydrogen-bond acceptors (Lipinski definition) is 0. The van der Waals surface area contributed by atoms with Crippen molar-refractivity contribution in [2.45, 2.75) is 40.5 Å². The lowest BCUT2D eigenvalue weighted by Crippen LogP contribution is -1.89. The highest BCUT2D eigenvalue weighted by Crippen LogP contribution is 2.44. The molecule has 0 aliphatic heterocycles. The molecule has 0 atom stereocenters. The summed E-state index contributed by atoms with van der Waals surface area (Å²) in [4.78, 5) is 0.